The first kappa shape index (κ1) is 14.2. The van der Waals surface area contributed by atoms with Crippen LogP contribution in [0.3, 0.4) is 0 Å². The molecule has 98 valence electrons. The Kier molecular flexibility index (Phi) is 5.87. The molecule has 0 amide bonds. The number of methoxy groups -OCH3 is 1. The number of hydrogen-bond acceptors (Lipinski definition) is 5. The second-order valence-corrected chi connectivity index (χ2v) is 3.56. The van der Waals surface area contributed by atoms with Gasteiger partial charge in [0.15, 0.2) is 0 Å². The van der Waals surface area contributed by atoms with Gasteiger partial charge in [-0.25, -0.2) is 4.98 Å². The van der Waals surface area contributed by atoms with Gasteiger partial charge in [0.05, 0.1) is 5.52 Å². The van der Waals surface area contributed by atoms with E-state index in [1.807, 2.05) is 38.1 Å². The second kappa shape index (κ2) is 7.45. The molecule has 0 aliphatic carbocycles. The molecule has 1 aromatic heterocycles. The highest BCUT2D eigenvalue weighted by Crippen LogP contribution is 2.18. The minimum atomic E-state index is 0.520. The van der Waals surface area contributed by atoms with Crippen LogP contribution in [0.2, 0.25) is 0 Å². The number of hydrogen-bond donors (Lipinski definition) is 2. The Balaban J connectivity index is 0.000000357. The zero-order valence-corrected chi connectivity index (χ0v) is 11.1. The number of rotatable bonds is 3. The molecule has 18 heavy (non-hydrogen) atoms. The van der Waals surface area contributed by atoms with Gasteiger partial charge in [-0.15, -0.1) is 0 Å². The van der Waals surface area contributed by atoms with Crippen LogP contribution in [0, 0.1) is 0 Å². The van der Waals surface area contributed by atoms with Gasteiger partial charge in [-0.1, -0.05) is 12.1 Å². The minimum absolute atomic E-state index is 0.520. The van der Waals surface area contributed by atoms with E-state index in [-0.39, 0.29) is 0 Å². The van der Waals surface area contributed by atoms with Crippen LogP contribution in [0.25, 0.3) is 10.9 Å². The van der Waals surface area contributed by atoms with Gasteiger partial charge >= 0.3 is 0 Å². The first-order valence-corrected chi connectivity index (χ1v) is 5.98. The molecular formula is C13H20N4O. The first-order chi connectivity index (χ1) is 8.72. The predicted molar refractivity (Wildman–Crippen MR) is 75.7 cm³/mol. The number of nitrogens with one attached hydrogen (secondary N) is 1. The van der Waals surface area contributed by atoms with Crippen molar-refractivity contribution in [3.8, 4) is 0 Å². The lowest BCUT2D eigenvalue weighted by molar-refractivity contribution is 0.215. The lowest BCUT2D eigenvalue weighted by atomic mass is 10.2. The van der Waals surface area contributed by atoms with Gasteiger partial charge in [0.2, 0.25) is 5.95 Å². The standard InChI is InChI=1S/C10H12N4.C3H8O/c1-2-12-10-13-8-6-4-3-5-7(8)9(11)14-10;1-3-4-2/h3-6H,2H2,1H3,(H3,11,12,13,14);3H2,1-2H3. The highest BCUT2D eigenvalue weighted by Gasteiger charge is 2.02. The summed E-state index contributed by atoms with van der Waals surface area (Å²) in [6.07, 6.45) is 0. The molecule has 5 nitrogen and oxygen atoms in total. The number of nitrogens with zero attached hydrogens (tertiary/aromatic N) is 2. The third kappa shape index (κ3) is 3.85. The first-order valence-electron chi connectivity index (χ1n) is 5.98. The van der Waals surface area contributed by atoms with Crippen LogP contribution in [0.15, 0.2) is 24.3 Å². The Morgan fingerprint density at radius 2 is 1.89 bits per heavy atom. The molecule has 2 rings (SSSR count). The van der Waals surface area contributed by atoms with Crippen LogP contribution in [0.1, 0.15) is 13.8 Å². The number of nitrogen functional groups attached to an aromatic ring is 1. The predicted octanol–water partition coefficient (Wildman–Crippen LogP) is 2.30. The summed E-state index contributed by atoms with van der Waals surface area (Å²) < 4.78 is 4.54. The summed E-state index contributed by atoms with van der Waals surface area (Å²) in [5, 5.41) is 3.94. The number of fused-ring (bicyclic) bond motifs is 1. The minimum Gasteiger partial charge on any atom is -0.385 e. The van der Waals surface area contributed by atoms with E-state index in [2.05, 4.69) is 20.0 Å². The number of benzene rings is 1. The van der Waals surface area contributed by atoms with Crippen molar-refractivity contribution in [3.05, 3.63) is 24.3 Å². The van der Waals surface area contributed by atoms with E-state index in [0.717, 1.165) is 24.1 Å². The molecule has 0 aliphatic heterocycles. The van der Waals surface area contributed by atoms with E-state index in [4.69, 9.17) is 5.73 Å². The second-order valence-electron chi connectivity index (χ2n) is 3.56. The third-order valence-electron chi connectivity index (χ3n) is 2.26. The maximum absolute atomic E-state index is 5.80. The van der Waals surface area contributed by atoms with Crippen LogP contribution in [0.4, 0.5) is 11.8 Å². The molecule has 2 aromatic rings. The largest absolute Gasteiger partial charge is 0.385 e. The fourth-order valence-corrected chi connectivity index (χ4v) is 1.34. The molecule has 0 spiro atoms. The van der Waals surface area contributed by atoms with Gasteiger partial charge in [0, 0.05) is 25.6 Å². The summed E-state index contributed by atoms with van der Waals surface area (Å²) in [7, 11) is 1.68. The van der Waals surface area contributed by atoms with Crippen molar-refractivity contribution in [2.45, 2.75) is 13.8 Å². The molecule has 0 saturated carbocycles. The summed E-state index contributed by atoms with van der Waals surface area (Å²) in [5.74, 6) is 1.11. The normalized spacial score (nSPS) is 9.72. The van der Waals surface area contributed by atoms with Crippen molar-refractivity contribution in [1.29, 1.82) is 0 Å². The van der Waals surface area contributed by atoms with E-state index in [0.29, 0.717) is 11.8 Å². The number of para-hydroxylation sites is 1. The molecule has 0 bridgehead atoms. The maximum atomic E-state index is 5.80. The zero-order valence-electron chi connectivity index (χ0n) is 11.1. The number of ether oxygens (including phenoxy) is 1. The molecule has 5 heteroatoms. The Hall–Kier alpha value is -1.88. The van der Waals surface area contributed by atoms with Crippen LogP contribution in [0.5, 0.6) is 0 Å². The smallest absolute Gasteiger partial charge is 0.225 e. The quantitative estimate of drug-likeness (QED) is 0.872. The fourth-order valence-electron chi connectivity index (χ4n) is 1.34. The van der Waals surface area contributed by atoms with Crippen LogP contribution in [-0.4, -0.2) is 30.2 Å². The van der Waals surface area contributed by atoms with E-state index >= 15 is 0 Å². The lowest BCUT2D eigenvalue weighted by Crippen LogP contribution is -2.04. The monoisotopic (exact) mass is 248 g/mol. The summed E-state index contributed by atoms with van der Waals surface area (Å²) in [4.78, 5) is 8.47. The van der Waals surface area contributed by atoms with E-state index in [9.17, 15) is 0 Å². The van der Waals surface area contributed by atoms with E-state index < -0.39 is 0 Å². The Bertz CT molecular complexity index is 485. The highest BCUT2D eigenvalue weighted by atomic mass is 16.5. The molecule has 0 atom stereocenters. The molecule has 1 aromatic carbocycles. The third-order valence-corrected chi connectivity index (χ3v) is 2.26. The van der Waals surface area contributed by atoms with Gasteiger partial charge in [-0.05, 0) is 26.0 Å². The molecule has 0 unspecified atom stereocenters. The molecule has 0 saturated heterocycles. The topological polar surface area (TPSA) is 73.1 Å². The van der Waals surface area contributed by atoms with Gasteiger partial charge in [-0.2, -0.15) is 4.98 Å². The Labute approximate surface area is 107 Å². The Morgan fingerprint density at radius 1 is 1.22 bits per heavy atom. The summed E-state index contributed by atoms with van der Waals surface area (Å²) in [6.45, 7) is 5.56. The number of aromatic nitrogens is 2. The van der Waals surface area contributed by atoms with E-state index in [1.54, 1.807) is 7.11 Å². The number of nitrogens with two attached hydrogens (primary N) is 1. The average Bonchev–Trinajstić information content (AvgIpc) is 2.39. The van der Waals surface area contributed by atoms with Gasteiger partial charge in [0.1, 0.15) is 5.82 Å². The molecule has 0 fully saturated rings. The van der Waals surface area contributed by atoms with Gasteiger partial charge in [0.25, 0.3) is 0 Å². The van der Waals surface area contributed by atoms with Crippen molar-refractivity contribution in [1.82, 2.24) is 9.97 Å². The summed E-state index contributed by atoms with van der Waals surface area (Å²) in [5.41, 5.74) is 6.67. The Morgan fingerprint density at radius 3 is 2.50 bits per heavy atom. The van der Waals surface area contributed by atoms with Crippen LogP contribution < -0.4 is 11.1 Å². The summed E-state index contributed by atoms with van der Waals surface area (Å²) in [6, 6.07) is 7.70. The SMILES string of the molecule is CCNc1nc(N)c2ccccc2n1.CCOC. The van der Waals surface area contributed by atoms with Crippen LogP contribution in [-0.2, 0) is 4.74 Å². The molecule has 0 aliphatic rings. The van der Waals surface area contributed by atoms with E-state index in [1.165, 1.54) is 0 Å². The fraction of sp³-hybridized carbons (Fsp3) is 0.385. The van der Waals surface area contributed by atoms with Crippen molar-refractivity contribution in [3.63, 3.8) is 0 Å². The van der Waals surface area contributed by atoms with Crippen molar-refractivity contribution in [2.24, 2.45) is 0 Å². The summed E-state index contributed by atoms with van der Waals surface area (Å²) >= 11 is 0. The van der Waals surface area contributed by atoms with Gasteiger partial charge < -0.3 is 15.8 Å². The molecular weight excluding hydrogens is 228 g/mol. The number of anilines is 2. The van der Waals surface area contributed by atoms with Crippen molar-refractivity contribution in [2.75, 3.05) is 31.3 Å². The molecule has 0 radical (unpaired) electrons. The average molecular weight is 248 g/mol. The molecule has 1 heterocycles. The lowest BCUT2D eigenvalue weighted by Gasteiger charge is -2.05. The van der Waals surface area contributed by atoms with Gasteiger partial charge in [-0.3, -0.25) is 0 Å². The zero-order chi connectivity index (χ0) is 13.4. The molecule has 3 N–H and O–H groups in total. The van der Waals surface area contributed by atoms with Crippen LogP contribution >= 0.6 is 0 Å². The van der Waals surface area contributed by atoms with Crippen molar-refractivity contribution < 1.29 is 4.74 Å². The maximum Gasteiger partial charge on any atom is 0.225 e. The highest BCUT2D eigenvalue weighted by molar-refractivity contribution is 5.88. The van der Waals surface area contributed by atoms with Crippen molar-refractivity contribution >= 4 is 22.7 Å².